The predicted octanol–water partition coefficient (Wildman–Crippen LogP) is 4.55. The van der Waals surface area contributed by atoms with Crippen LogP contribution in [0.1, 0.15) is 37.7 Å². The van der Waals surface area contributed by atoms with Crippen LogP contribution in [-0.4, -0.2) is 18.3 Å². The molecule has 0 atom stereocenters. The van der Waals surface area contributed by atoms with E-state index in [1.54, 1.807) is 0 Å². The monoisotopic (exact) mass is 309 g/mol. The summed E-state index contributed by atoms with van der Waals surface area (Å²) in [5, 5.41) is 17.5. The molecule has 3 heteroatoms. The molecule has 23 heavy (non-hydrogen) atoms. The first kappa shape index (κ1) is 17.1. The van der Waals surface area contributed by atoms with Crippen LogP contribution in [0.3, 0.4) is 0 Å². The Morgan fingerprint density at radius 1 is 0.783 bits per heavy atom. The number of ether oxygens (including phenoxy) is 1. The van der Waals surface area contributed by atoms with Gasteiger partial charge in [-0.05, 0) is 48.2 Å². The van der Waals surface area contributed by atoms with Crippen LogP contribution in [0, 0.1) is 11.3 Å². The van der Waals surface area contributed by atoms with Crippen molar-refractivity contribution < 1.29 is 9.84 Å². The van der Waals surface area contributed by atoms with Crippen molar-refractivity contribution in [1.29, 1.82) is 5.26 Å². The molecule has 2 aromatic rings. The smallest absolute Gasteiger partial charge is 0.119 e. The fourth-order valence-corrected chi connectivity index (χ4v) is 2.42. The van der Waals surface area contributed by atoms with E-state index in [9.17, 15) is 0 Å². The van der Waals surface area contributed by atoms with Crippen LogP contribution >= 0.6 is 0 Å². The number of unbranched alkanes of at least 4 members (excludes halogenated alkanes) is 4. The van der Waals surface area contributed by atoms with Crippen LogP contribution in [0.5, 0.6) is 5.75 Å². The molecular formula is C20H23NO2. The highest BCUT2D eigenvalue weighted by Gasteiger charge is 2.00. The summed E-state index contributed by atoms with van der Waals surface area (Å²) < 4.78 is 5.75. The average molecular weight is 309 g/mol. The van der Waals surface area contributed by atoms with Crippen LogP contribution in [0.15, 0.2) is 48.5 Å². The number of nitrogens with zero attached hydrogens (tertiary/aromatic N) is 1. The Hall–Kier alpha value is -2.31. The van der Waals surface area contributed by atoms with Gasteiger partial charge in [0.1, 0.15) is 5.75 Å². The summed E-state index contributed by atoms with van der Waals surface area (Å²) in [6.07, 6.45) is 5.33. The van der Waals surface area contributed by atoms with Gasteiger partial charge in [0.05, 0.1) is 18.2 Å². The third-order valence-corrected chi connectivity index (χ3v) is 3.77. The number of benzene rings is 2. The van der Waals surface area contributed by atoms with Crippen molar-refractivity contribution >= 4 is 0 Å². The minimum atomic E-state index is 0.294. The number of aliphatic hydroxyl groups excluding tert-OH is 1. The molecule has 0 aliphatic heterocycles. The normalized spacial score (nSPS) is 10.3. The highest BCUT2D eigenvalue weighted by atomic mass is 16.5. The fraction of sp³-hybridized carbons (Fsp3) is 0.350. The van der Waals surface area contributed by atoms with E-state index >= 15 is 0 Å². The fourth-order valence-electron chi connectivity index (χ4n) is 2.42. The van der Waals surface area contributed by atoms with Gasteiger partial charge in [0.25, 0.3) is 0 Å². The van der Waals surface area contributed by atoms with Gasteiger partial charge in [0.15, 0.2) is 0 Å². The van der Waals surface area contributed by atoms with E-state index in [1.807, 2.05) is 48.5 Å². The van der Waals surface area contributed by atoms with E-state index in [0.717, 1.165) is 55.6 Å². The number of hydrogen-bond donors (Lipinski definition) is 1. The molecule has 0 fully saturated rings. The molecule has 1 N–H and O–H groups in total. The van der Waals surface area contributed by atoms with Gasteiger partial charge in [0.2, 0.25) is 0 Å². The third-order valence-electron chi connectivity index (χ3n) is 3.77. The molecule has 3 nitrogen and oxygen atoms in total. The Morgan fingerprint density at radius 3 is 1.96 bits per heavy atom. The molecule has 2 rings (SSSR count). The second-order valence-electron chi connectivity index (χ2n) is 5.55. The zero-order valence-electron chi connectivity index (χ0n) is 13.4. The molecule has 0 spiro atoms. The second-order valence-corrected chi connectivity index (χ2v) is 5.55. The van der Waals surface area contributed by atoms with Crippen molar-refractivity contribution in [3.8, 4) is 22.9 Å². The van der Waals surface area contributed by atoms with Gasteiger partial charge in [-0.15, -0.1) is 0 Å². The van der Waals surface area contributed by atoms with Gasteiger partial charge in [-0.3, -0.25) is 0 Å². The molecule has 0 aromatic heterocycles. The van der Waals surface area contributed by atoms with Crippen molar-refractivity contribution in [2.75, 3.05) is 13.2 Å². The molecule has 0 saturated carbocycles. The van der Waals surface area contributed by atoms with Crippen molar-refractivity contribution in [1.82, 2.24) is 0 Å². The first-order chi connectivity index (χ1) is 11.3. The third kappa shape index (κ3) is 5.77. The summed E-state index contributed by atoms with van der Waals surface area (Å²) in [5.74, 6) is 0.887. The molecule has 0 unspecified atom stereocenters. The molecule has 0 radical (unpaired) electrons. The number of rotatable bonds is 9. The highest BCUT2D eigenvalue weighted by molar-refractivity contribution is 5.64. The van der Waals surface area contributed by atoms with Crippen LogP contribution in [0.2, 0.25) is 0 Å². The van der Waals surface area contributed by atoms with Crippen LogP contribution in [-0.2, 0) is 0 Å². The average Bonchev–Trinajstić information content (AvgIpc) is 2.61. The van der Waals surface area contributed by atoms with Gasteiger partial charge in [-0.25, -0.2) is 0 Å². The molecule has 0 aliphatic rings. The zero-order chi connectivity index (χ0) is 16.3. The van der Waals surface area contributed by atoms with Gasteiger partial charge in [0, 0.05) is 6.61 Å². The van der Waals surface area contributed by atoms with Crippen LogP contribution in [0.25, 0.3) is 11.1 Å². The van der Waals surface area contributed by atoms with Crippen LogP contribution in [0.4, 0.5) is 0 Å². The summed E-state index contributed by atoms with van der Waals surface area (Å²) in [5.41, 5.74) is 2.89. The lowest BCUT2D eigenvalue weighted by molar-refractivity contribution is 0.278. The van der Waals surface area contributed by atoms with E-state index in [0.29, 0.717) is 12.2 Å². The largest absolute Gasteiger partial charge is 0.494 e. The predicted molar refractivity (Wildman–Crippen MR) is 92.3 cm³/mol. The topological polar surface area (TPSA) is 53.2 Å². The van der Waals surface area contributed by atoms with Crippen molar-refractivity contribution in [3.05, 3.63) is 54.1 Å². The number of hydrogen-bond acceptors (Lipinski definition) is 3. The van der Waals surface area contributed by atoms with E-state index in [4.69, 9.17) is 15.1 Å². The Morgan fingerprint density at radius 2 is 1.35 bits per heavy atom. The van der Waals surface area contributed by atoms with Crippen molar-refractivity contribution in [2.45, 2.75) is 32.1 Å². The van der Waals surface area contributed by atoms with Crippen molar-refractivity contribution in [2.24, 2.45) is 0 Å². The minimum Gasteiger partial charge on any atom is -0.494 e. The number of aliphatic hydroxyl groups is 1. The second kappa shape index (κ2) is 9.66. The van der Waals surface area contributed by atoms with E-state index in [-0.39, 0.29) is 0 Å². The summed E-state index contributed by atoms with van der Waals surface area (Å²) in [4.78, 5) is 0. The van der Waals surface area contributed by atoms with Gasteiger partial charge in [-0.2, -0.15) is 5.26 Å². The molecule has 2 aromatic carbocycles. The SMILES string of the molecule is N#Cc1ccc(-c2ccc(OCCCCCCCO)cc2)cc1. The molecule has 0 amide bonds. The summed E-state index contributed by atoms with van der Waals surface area (Å²) >= 11 is 0. The maximum atomic E-state index is 8.82. The maximum absolute atomic E-state index is 8.82. The summed E-state index contributed by atoms with van der Waals surface area (Å²) in [6, 6.07) is 17.8. The molecule has 0 heterocycles. The standard InChI is InChI=1S/C20H23NO2/c21-16-17-6-8-18(9-7-17)19-10-12-20(13-11-19)23-15-5-3-1-2-4-14-22/h6-13,22H,1-5,14-15H2. The lowest BCUT2D eigenvalue weighted by atomic mass is 10.0. The van der Waals surface area contributed by atoms with Gasteiger partial charge in [-0.1, -0.05) is 43.5 Å². The maximum Gasteiger partial charge on any atom is 0.119 e. The lowest BCUT2D eigenvalue weighted by Gasteiger charge is -2.07. The molecule has 120 valence electrons. The molecule has 0 aliphatic carbocycles. The summed E-state index contributed by atoms with van der Waals surface area (Å²) in [6.45, 7) is 1.03. The lowest BCUT2D eigenvalue weighted by Crippen LogP contribution is -1.97. The number of nitriles is 1. The van der Waals surface area contributed by atoms with E-state index in [1.165, 1.54) is 0 Å². The minimum absolute atomic E-state index is 0.294. The summed E-state index contributed by atoms with van der Waals surface area (Å²) in [7, 11) is 0. The zero-order valence-corrected chi connectivity index (χ0v) is 13.4. The quantitative estimate of drug-likeness (QED) is 0.691. The first-order valence-electron chi connectivity index (χ1n) is 8.18. The Balaban J connectivity index is 1.77. The Kier molecular flexibility index (Phi) is 7.16. The Bertz CT molecular complexity index is 612. The van der Waals surface area contributed by atoms with Gasteiger partial charge >= 0.3 is 0 Å². The van der Waals surface area contributed by atoms with Gasteiger partial charge < -0.3 is 9.84 Å². The van der Waals surface area contributed by atoms with E-state index < -0.39 is 0 Å². The van der Waals surface area contributed by atoms with E-state index in [2.05, 4.69) is 6.07 Å². The molecule has 0 bridgehead atoms. The van der Waals surface area contributed by atoms with Crippen molar-refractivity contribution in [3.63, 3.8) is 0 Å². The highest BCUT2D eigenvalue weighted by Crippen LogP contribution is 2.23. The molecule has 0 saturated heterocycles. The Labute approximate surface area is 138 Å². The first-order valence-corrected chi connectivity index (χ1v) is 8.18. The van der Waals surface area contributed by atoms with Crippen LogP contribution < -0.4 is 4.74 Å². The molecular weight excluding hydrogens is 286 g/mol.